The van der Waals surface area contributed by atoms with Crippen molar-refractivity contribution in [2.24, 2.45) is 28.7 Å². The maximum atomic E-state index is 6.63. The lowest BCUT2D eigenvalue weighted by Gasteiger charge is -2.51. The molecule has 4 aliphatic carbocycles. The molecule has 4 heterocycles. The minimum absolute atomic E-state index is 0.00927. The number of nitrogens with one attached hydrogen (secondary N) is 2. The van der Waals surface area contributed by atoms with Crippen LogP contribution in [-0.4, -0.2) is 59.9 Å². The van der Waals surface area contributed by atoms with E-state index in [0.29, 0.717) is 12.5 Å². The molecule has 9 atom stereocenters. The van der Waals surface area contributed by atoms with Gasteiger partial charge in [-0.05, 0) is 110 Å². The van der Waals surface area contributed by atoms with Crippen molar-refractivity contribution in [1.29, 1.82) is 0 Å². The van der Waals surface area contributed by atoms with Crippen LogP contribution in [0.2, 0.25) is 0 Å². The Morgan fingerprint density at radius 2 is 1.81 bits per heavy atom. The number of fused-ring (bicyclic) bond motifs is 1. The molecule has 8 unspecified atom stereocenters. The summed E-state index contributed by atoms with van der Waals surface area (Å²) in [5, 5.41) is 8.19. The molecule has 0 radical (unpaired) electrons. The molecule has 0 bridgehead atoms. The first-order valence-electron chi connectivity index (χ1n) is 22.1. The standard InChI is InChI=1S/C53H59N5O/c1-5-7-31-49-36(3)41(35-59-49)33-48-42(6-2)45-29-19-20-30-47(45)58(48)53-46(32-40(34-57(53)4)44-28-18-17-27-43(44)37-21-11-8-12-22-37)52-55-50(38-23-13-9-14-24-38)54-51(56-52)39-25-15-10-16-26-39/h1-2,7-9,11-13,15,21-23,25-28,30-31,33-34,36,42,45-46,48-50,52-53,55H,10,14,16-20,24,29,32,35H2,3-4H3,(H,54,56)/b31-7-,41-33+/t36?,42?,45?,46?,48-,49?,50?,52?,53?/m1/s1. The molecule has 2 saturated heterocycles. The summed E-state index contributed by atoms with van der Waals surface area (Å²) in [6.45, 7) is 2.85. The van der Waals surface area contributed by atoms with Gasteiger partial charge in [0.05, 0.1) is 30.8 Å². The van der Waals surface area contributed by atoms with E-state index in [9.17, 15) is 0 Å². The topological polar surface area (TPSA) is 52.1 Å². The fourth-order valence-electron chi connectivity index (χ4n) is 10.9. The number of allylic oxidation sites excluding steroid dienone is 13. The lowest BCUT2D eigenvalue weighted by Crippen LogP contribution is -2.65. The zero-order valence-electron chi connectivity index (χ0n) is 34.8. The van der Waals surface area contributed by atoms with E-state index in [1.54, 1.807) is 6.08 Å². The quantitative estimate of drug-likeness (QED) is 0.204. The van der Waals surface area contributed by atoms with Crippen molar-refractivity contribution in [3.63, 3.8) is 0 Å². The fourth-order valence-corrected chi connectivity index (χ4v) is 10.9. The van der Waals surface area contributed by atoms with E-state index < -0.39 is 0 Å². The van der Waals surface area contributed by atoms with E-state index in [-0.39, 0.29) is 48.4 Å². The van der Waals surface area contributed by atoms with Crippen LogP contribution in [0.5, 0.6) is 0 Å². The molecule has 6 heteroatoms. The van der Waals surface area contributed by atoms with Crippen molar-refractivity contribution in [3.8, 4) is 24.7 Å². The minimum atomic E-state index is -0.118. The third kappa shape index (κ3) is 7.82. The number of likely N-dealkylation sites (tertiary alicyclic amines) is 1. The Bertz CT molecular complexity index is 2210. The van der Waals surface area contributed by atoms with Crippen LogP contribution in [-0.2, 0) is 4.74 Å². The lowest BCUT2D eigenvalue weighted by molar-refractivity contribution is 0.0283. The predicted molar refractivity (Wildman–Crippen MR) is 242 cm³/mol. The Balaban J connectivity index is 1.16. The largest absolute Gasteiger partial charge is 0.369 e. The first kappa shape index (κ1) is 39.2. The molecule has 302 valence electrons. The van der Waals surface area contributed by atoms with Gasteiger partial charge in [0.15, 0.2) is 0 Å². The molecule has 0 spiro atoms. The lowest BCUT2D eigenvalue weighted by atomic mass is 9.79. The molecule has 6 nitrogen and oxygen atoms in total. The summed E-state index contributed by atoms with van der Waals surface area (Å²) in [5.74, 6) is 7.71. The highest BCUT2D eigenvalue weighted by Crippen LogP contribution is 2.50. The first-order chi connectivity index (χ1) is 29.0. The van der Waals surface area contributed by atoms with Crippen molar-refractivity contribution in [2.45, 2.75) is 102 Å². The molecule has 0 aromatic heterocycles. The number of terminal acetylenes is 2. The van der Waals surface area contributed by atoms with Crippen molar-refractivity contribution < 1.29 is 4.74 Å². The van der Waals surface area contributed by atoms with Crippen LogP contribution in [0, 0.1) is 48.4 Å². The maximum absolute atomic E-state index is 6.63. The summed E-state index contributed by atoms with van der Waals surface area (Å²) in [7, 11) is 2.30. The third-order valence-electron chi connectivity index (χ3n) is 13.8. The molecule has 2 N–H and O–H groups in total. The molecular weight excluding hydrogens is 723 g/mol. The molecule has 1 aromatic rings. The van der Waals surface area contributed by atoms with Gasteiger partial charge in [0.2, 0.25) is 0 Å². The Morgan fingerprint density at radius 3 is 2.59 bits per heavy atom. The first-order valence-corrected chi connectivity index (χ1v) is 22.1. The maximum Gasteiger partial charge on any atom is 0.131 e. The van der Waals surface area contributed by atoms with E-state index >= 15 is 0 Å². The summed E-state index contributed by atoms with van der Waals surface area (Å²) in [4.78, 5) is 10.7. The van der Waals surface area contributed by atoms with Gasteiger partial charge in [-0.15, -0.1) is 18.8 Å². The molecule has 0 amide bonds. The van der Waals surface area contributed by atoms with Gasteiger partial charge < -0.3 is 19.9 Å². The molecular formula is C53H59N5O. The summed E-state index contributed by atoms with van der Waals surface area (Å²) in [6, 6.07) is 11.0. The van der Waals surface area contributed by atoms with E-state index in [4.69, 9.17) is 22.6 Å². The Morgan fingerprint density at radius 1 is 0.966 bits per heavy atom. The Labute approximate surface area is 352 Å². The third-order valence-corrected chi connectivity index (χ3v) is 13.8. The van der Waals surface area contributed by atoms with Gasteiger partial charge in [0.25, 0.3) is 0 Å². The average Bonchev–Trinajstić information content (AvgIpc) is 3.80. The number of benzene rings is 1. The SMILES string of the molecule is C#C/C=C\C1OC/C(=C\[C@@H]2C(C#C)C3CCCC=C3N2C2C(C3NC(C4=CCCC=C4)=NC(C4=CC=CCC4)N3)CC(C3=CCCC=C3c3ccccc3)=CN2C)C1C. The number of hydrogen-bond donors (Lipinski definition) is 2. The van der Waals surface area contributed by atoms with Crippen LogP contribution in [0.3, 0.4) is 0 Å². The zero-order chi connectivity index (χ0) is 40.3. The number of amidine groups is 1. The van der Waals surface area contributed by atoms with Gasteiger partial charge in [-0.25, -0.2) is 4.99 Å². The molecule has 4 aliphatic heterocycles. The van der Waals surface area contributed by atoms with Crippen LogP contribution < -0.4 is 10.6 Å². The van der Waals surface area contributed by atoms with Gasteiger partial charge in [0.1, 0.15) is 18.2 Å². The predicted octanol–water partition coefficient (Wildman–Crippen LogP) is 9.52. The van der Waals surface area contributed by atoms with Crippen LogP contribution in [0.25, 0.3) is 5.57 Å². The average molecular weight is 782 g/mol. The molecule has 8 aliphatic rings. The van der Waals surface area contributed by atoms with Gasteiger partial charge >= 0.3 is 0 Å². The number of hydrogen-bond acceptors (Lipinski definition) is 6. The van der Waals surface area contributed by atoms with Crippen LogP contribution in [0.1, 0.15) is 76.7 Å². The van der Waals surface area contributed by atoms with Gasteiger partial charge in [-0.2, -0.15) is 0 Å². The molecule has 2 fully saturated rings. The summed E-state index contributed by atoms with van der Waals surface area (Å²) in [6.07, 6.45) is 52.3. The van der Waals surface area contributed by atoms with E-state index in [2.05, 4.69) is 144 Å². The second-order valence-corrected chi connectivity index (χ2v) is 17.4. The molecule has 0 saturated carbocycles. The summed E-state index contributed by atoms with van der Waals surface area (Å²) in [5.41, 5.74) is 10.6. The van der Waals surface area contributed by atoms with Crippen molar-refractivity contribution in [1.82, 2.24) is 20.4 Å². The highest BCUT2D eigenvalue weighted by Gasteiger charge is 2.52. The zero-order valence-corrected chi connectivity index (χ0v) is 34.8. The molecule has 1 aromatic carbocycles. The van der Waals surface area contributed by atoms with Gasteiger partial charge in [0, 0.05) is 42.3 Å². The monoisotopic (exact) mass is 781 g/mol. The van der Waals surface area contributed by atoms with Crippen LogP contribution >= 0.6 is 0 Å². The van der Waals surface area contributed by atoms with Gasteiger partial charge in [-0.1, -0.05) is 104 Å². The Kier molecular flexibility index (Phi) is 11.6. The second-order valence-electron chi connectivity index (χ2n) is 17.4. The van der Waals surface area contributed by atoms with Gasteiger partial charge in [-0.3, -0.25) is 5.32 Å². The van der Waals surface area contributed by atoms with E-state index in [0.717, 1.165) is 70.0 Å². The Hall–Kier alpha value is -5.27. The molecule has 9 rings (SSSR count). The highest BCUT2D eigenvalue weighted by molar-refractivity contribution is 6.01. The van der Waals surface area contributed by atoms with Crippen molar-refractivity contribution in [2.75, 3.05) is 13.7 Å². The van der Waals surface area contributed by atoms with Crippen LogP contribution in [0.4, 0.5) is 0 Å². The smallest absolute Gasteiger partial charge is 0.131 e. The number of ether oxygens (including phenoxy) is 1. The van der Waals surface area contributed by atoms with Crippen molar-refractivity contribution in [3.05, 3.63) is 149 Å². The summed E-state index contributed by atoms with van der Waals surface area (Å²) < 4.78 is 6.34. The summed E-state index contributed by atoms with van der Waals surface area (Å²) >= 11 is 0. The number of nitrogens with zero attached hydrogens (tertiary/aromatic N) is 3. The second kappa shape index (κ2) is 17.5. The van der Waals surface area contributed by atoms with Crippen LogP contribution in [0.15, 0.2) is 148 Å². The number of aliphatic imine (C=N–C) groups is 1. The normalized spacial score (nSPS) is 33.8. The number of rotatable bonds is 8. The van der Waals surface area contributed by atoms with E-state index in [1.165, 1.54) is 44.7 Å². The van der Waals surface area contributed by atoms with Crippen molar-refractivity contribution >= 4 is 11.4 Å². The van der Waals surface area contributed by atoms with E-state index in [1.807, 2.05) is 6.08 Å². The highest BCUT2D eigenvalue weighted by atomic mass is 16.5. The fraction of sp³-hybridized carbons (Fsp3) is 0.415. The molecule has 59 heavy (non-hydrogen) atoms. The minimum Gasteiger partial charge on any atom is -0.369 e.